The SMILES string of the molecule is C=C1CC2(C=O)CC1(O)CCC2C1(C)CCCC(C)(C(=O)O)C1C(=O)O. The van der Waals surface area contributed by atoms with E-state index in [2.05, 4.69) is 6.58 Å². The molecule has 26 heavy (non-hydrogen) atoms. The Labute approximate surface area is 153 Å². The molecule has 0 aromatic rings. The molecule has 0 aliphatic heterocycles. The zero-order valence-corrected chi connectivity index (χ0v) is 15.5. The van der Waals surface area contributed by atoms with Gasteiger partial charge in [0.25, 0.3) is 0 Å². The van der Waals surface area contributed by atoms with E-state index in [4.69, 9.17) is 0 Å². The Morgan fingerprint density at radius 3 is 2.38 bits per heavy atom. The number of fused-ring (bicyclic) bond motifs is 2. The number of hydrogen-bond donors (Lipinski definition) is 3. The number of aldehydes is 1. The zero-order valence-electron chi connectivity index (χ0n) is 15.5. The van der Waals surface area contributed by atoms with Crippen LogP contribution in [0.3, 0.4) is 0 Å². The highest BCUT2D eigenvalue weighted by Gasteiger charge is 2.67. The maximum absolute atomic E-state index is 12.2. The summed E-state index contributed by atoms with van der Waals surface area (Å²) in [4.78, 5) is 36.4. The normalized spacial score (nSPS) is 48.2. The van der Waals surface area contributed by atoms with Gasteiger partial charge in [-0.3, -0.25) is 9.59 Å². The minimum Gasteiger partial charge on any atom is -0.481 e. The van der Waals surface area contributed by atoms with E-state index >= 15 is 0 Å². The average Bonchev–Trinajstić information content (AvgIpc) is 2.73. The predicted octanol–water partition coefficient (Wildman–Crippen LogP) is 2.64. The molecule has 0 radical (unpaired) electrons. The Morgan fingerprint density at radius 1 is 1.19 bits per heavy atom. The van der Waals surface area contributed by atoms with E-state index in [9.17, 15) is 29.7 Å². The van der Waals surface area contributed by atoms with Crippen LogP contribution in [0.15, 0.2) is 12.2 Å². The van der Waals surface area contributed by atoms with Crippen molar-refractivity contribution in [2.75, 3.05) is 0 Å². The molecule has 0 saturated heterocycles. The second-order valence-electron chi connectivity index (χ2n) is 9.28. The fraction of sp³-hybridized carbons (Fsp3) is 0.750. The van der Waals surface area contributed by atoms with Crippen molar-refractivity contribution in [3.63, 3.8) is 0 Å². The Hall–Kier alpha value is -1.69. The van der Waals surface area contributed by atoms with Gasteiger partial charge in [-0.1, -0.05) is 19.9 Å². The molecule has 6 heteroatoms. The van der Waals surface area contributed by atoms with E-state index in [0.717, 1.165) is 6.29 Å². The first kappa shape index (κ1) is 19.1. The highest BCUT2D eigenvalue weighted by molar-refractivity contribution is 5.84. The number of aliphatic carboxylic acids is 2. The number of carbonyl (C=O) groups excluding carboxylic acids is 1. The first-order chi connectivity index (χ1) is 12.0. The van der Waals surface area contributed by atoms with Crippen molar-refractivity contribution < 1.29 is 29.7 Å². The quantitative estimate of drug-likeness (QED) is 0.522. The van der Waals surface area contributed by atoms with Gasteiger partial charge in [0.05, 0.1) is 16.9 Å². The average molecular weight is 364 g/mol. The van der Waals surface area contributed by atoms with Crippen LogP contribution in [0.5, 0.6) is 0 Å². The first-order valence-electron chi connectivity index (χ1n) is 9.28. The van der Waals surface area contributed by atoms with Crippen LogP contribution in [-0.2, 0) is 14.4 Å². The largest absolute Gasteiger partial charge is 0.481 e. The molecule has 3 N–H and O–H groups in total. The third-order valence-corrected chi connectivity index (χ3v) is 7.84. The van der Waals surface area contributed by atoms with E-state index in [0.29, 0.717) is 44.1 Å². The lowest BCUT2D eigenvalue weighted by atomic mass is 9.46. The van der Waals surface area contributed by atoms with Crippen molar-refractivity contribution >= 4 is 18.2 Å². The lowest BCUT2D eigenvalue weighted by Gasteiger charge is -2.56. The Balaban J connectivity index is 2.11. The lowest BCUT2D eigenvalue weighted by molar-refractivity contribution is -0.185. The Morgan fingerprint density at radius 2 is 1.85 bits per heavy atom. The molecular formula is C20H28O6. The number of carbonyl (C=O) groups is 3. The fourth-order valence-electron chi connectivity index (χ4n) is 6.64. The highest BCUT2D eigenvalue weighted by Crippen LogP contribution is 2.67. The molecule has 0 heterocycles. The molecule has 0 spiro atoms. The molecule has 0 aromatic carbocycles. The molecule has 3 rings (SSSR count). The maximum Gasteiger partial charge on any atom is 0.310 e. The van der Waals surface area contributed by atoms with Crippen LogP contribution in [0.4, 0.5) is 0 Å². The van der Waals surface area contributed by atoms with Crippen molar-refractivity contribution in [3.8, 4) is 0 Å². The molecule has 6 nitrogen and oxygen atoms in total. The van der Waals surface area contributed by atoms with Crippen molar-refractivity contribution in [2.45, 2.75) is 64.4 Å². The van der Waals surface area contributed by atoms with Crippen LogP contribution < -0.4 is 0 Å². The van der Waals surface area contributed by atoms with Gasteiger partial charge < -0.3 is 20.1 Å². The smallest absolute Gasteiger partial charge is 0.310 e. The standard InChI is InChI=1S/C20H28O6/c1-12-9-19(11-21)10-20(12,26)8-5-13(19)17(2)6-4-7-18(3,16(24)25)14(17)15(22)23/h11,13-14,26H,1,4-10H2,2-3H3,(H,22,23)(H,24,25). The third kappa shape index (κ3) is 2.30. The molecular weight excluding hydrogens is 336 g/mol. The summed E-state index contributed by atoms with van der Waals surface area (Å²) in [5, 5.41) is 30.6. The number of carboxylic acids is 2. The molecule has 3 saturated carbocycles. The third-order valence-electron chi connectivity index (χ3n) is 7.84. The monoisotopic (exact) mass is 364 g/mol. The first-order valence-corrected chi connectivity index (χ1v) is 9.28. The summed E-state index contributed by atoms with van der Waals surface area (Å²) >= 11 is 0. The van der Waals surface area contributed by atoms with Gasteiger partial charge in [-0.15, -0.1) is 0 Å². The number of hydrogen-bond acceptors (Lipinski definition) is 4. The molecule has 3 fully saturated rings. The molecule has 6 unspecified atom stereocenters. The van der Waals surface area contributed by atoms with E-state index in [1.807, 2.05) is 6.92 Å². The predicted molar refractivity (Wildman–Crippen MR) is 93.4 cm³/mol. The maximum atomic E-state index is 12.2. The number of rotatable bonds is 4. The molecule has 144 valence electrons. The van der Waals surface area contributed by atoms with E-state index in [1.165, 1.54) is 6.92 Å². The van der Waals surface area contributed by atoms with Crippen molar-refractivity contribution in [3.05, 3.63) is 12.2 Å². The Kier molecular flexibility index (Phi) is 4.15. The minimum atomic E-state index is -1.37. The van der Waals surface area contributed by atoms with E-state index < -0.39 is 39.7 Å². The summed E-state index contributed by atoms with van der Waals surface area (Å²) in [6, 6.07) is 0. The van der Waals surface area contributed by atoms with Crippen molar-refractivity contribution in [2.24, 2.45) is 28.1 Å². The summed E-state index contributed by atoms with van der Waals surface area (Å²) < 4.78 is 0. The van der Waals surface area contributed by atoms with Gasteiger partial charge in [0, 0.05) is 5.41 Å². The summed E-state index contributed by atoms with van der Waals surface area (Å²) in [7, 11) is 0. The number of carboxylic acid groups (broad SMARTS) is 2. The molecule has 3 aliphatic carbocycles. The van der Waals surface area contributed by atoms with Crippen molar-refractivity contribution in [1.29, 1.82) is 0 Å². The van der Waals surface area contributed by atoms with Gasteiger partial charge in [-0.25, -0.2) is 0 Å². The molecule has 2 bridgehead atoms. The van der Waals surface area contributed by atoms with Crippen molar-refractivity contribution in [1.82, 2.24) is 0 Å². The van der Waals surface area contributed by atoms with Gasteiger partial charge in [0.1, 0.15) is 6.29 Å². The second-order valence-corrected chi connectivity index (χ2v) is 9.28. The number of aliphatic hydroxyl groups is 1. The van der Waals surface area contributed by atoms with Crippen LogP contribution >= 0.6 is 0 Å². The summed E-state index contributed by atoms with van der Waals surface area (Å²) in [6.07, 6.45) is 3.92. The van der Waals surface area contributed by atoms with Crippen LogP contribution in [0.2, 0.25) is 0 Å². The topological polar surface area (TPSA) is 112 Å². The van der Waals surface area contributed by atoms with Gasteiger partial charge in [-0.05, 0) is 62.4 Å². The zero-order chi connectivity index (χ0) is 19.5. The minimum absolute atomic E-state index is 0.263. The van der Waals surface area contributed by atoms with E-state index in [-0.39, 0.29) is 12.3 Å². The van der Waals surface area contributed by atoms with Crippen LogP contribution in [0, 0.1) is 28.1 Å². The summed E-state index contributed by atoms with van der Waals surface area (Å²) in [6.45, 7) is 7.32. The molecule has 6 atom stereocenters. The van der Waals surface area contributed by atoms with Crippen LogP contribution in [-0.4, -0.2) is 39.1 Å². The van der Waals surface area contributed by atoms with Gasteiger partial charge in [-0.2, -0.15) is 0 Å². The van der Waals surface area contributed by atoms with Crippen LogP contribution in [0.1, 0.15) is 58.8 Å². The van der Waals surface area contributed by atoms with Gasteiger partial charge >= 0.3 is 11.9 Å². The molecule has 0 amide bonds. The fourth-order valence-corrected chi connectivity index (χ4v) is 6.64. The van der Waals surface area contributed by atoms with Gasteiger partial charge in [0.15, 0.2) is 0 Å². The highest BCUT2D eigenvalue weighted by atomic mass is 16.4. The molecule has 3 aliphatic rings. The van der Waals surface area contributed by atoms with Gasteiger partial charge in [0.2, 0.25) is 0 Å². The lowest BCUT2D eigenvalue weighted by Crippen LogP contribution is -2.58. The van der Waals surface area contributed by atoms with E-state index in [1.54, 1.807) is 0 Å². The second kappa shape index (κ2) is 5.65. The molecule has 0 aromatic heterocycles. The van der Waals surface area contributed by atoms with Crippen LogP contribution in [0.25, 0.3) is 0 Å². The summed E-state index contributed by atoms with van der Waals surface area (Å²) in [5.41, 5.74) is -3.48. The summed E-state index contributed by atoms with van der Waals surface area (Å²) in [5.74, 6) is -3.58. The Bertz CT molecular complexity index is 686.